The van der Waals surface area contributed by atoms with Crippen molar-refractivity contribution in [2.45, 2.75) is 11.9 Å². The molecule has 0 saturated heterocycles. The Hall–Kier alpha value is 0.220. The number of aromatic nitrogens is 1. The SMILES string of the molecule is CP(=O)(O)C(C[n+]1cccc(I)c1)P(=O)([O-])O. The molecule has 3 atom stereocenters. The number of pyridine rings is 1. The third-order valence-corrected chi connectivity index (χ3v) is 7.11. The lowest BCUT2D eigenvalue weighted by atomic mass is 10.5. The summed E-state index contributed by atoms with van der Waals surface area (Å²) in [4.78, 5) is 29.5. The zero-order valence-corrected chi connectivity index (χ0v) is 12.9. The lowest BCUT2D eigenvalue weighted by molar-refractivity contribution is -0.695. The Morgan fingerprint density at radius 1 is 1.53 bits per heavy atom. The van der Waals surface area contributed by atoms with Gasteiger partial charge in [0.1, 0.15) is 0 Å². The van der Waals surface area contributed by atoms with E-state index in [4.69, 9.17) is 4.89 Å². The zero-order valence-electron chi connectivity index (χ0n) is 8.93. The molecule has 0 aliphatic heterocycles. The van der Waals surface area contributed by atoms with Gasteiger partial charge in [-0.15, -0.1) is 0 Å². The predicted molar refractivity (Wildman–Crippen MR) is 68.7 cm³/mol. The van der Waals surface area contributed by atoms with Crippen molar-refractivity contribution in [1.82, 2.24) is 0 Å². The van der Waals surface area contributed by atoms with E-state index in [1.165, 1.54) is 4.57 Å². The maximum atomic E-state index is 11.5. The highest BCUT2D eigenvalue weighted by molar-refractivity contribution is 14.1. The van der Waals surface area contributed by atoms with E-state index in [1.807, 2.05) is 22.6 Å². The maximum absolute atomic E-state index is 11.5. The molecule has 0 amide bonds. The minimum absolute atomic E-state index is 0.252. The van der Waals surface area contributed by atoms with Crippen LogP contribution in [-0.4, -0.2) is 21.9 Å². The Morgan fingerprint density at radius 3 is 2.53 bits per heavy atom. The molecule has 96 valence electrons. The third-order valence-electron chi connectivity index (χ3n) is 2.13. The average molecular weight is 391 g/mol. The zero-order chi connectivity index (χ0) is 13.3. The van der Waals surface area contributed by atoms with E-state index in [1.54, 1.807) is 24.5 Å². The van der Waals surface area contributed by atoms with E-state index < -0.39 is 20.4 Å². The summed E-state index contributed by atoms with van der Waals surface area (Å²) in [5, 5.41) is -1.68. The third kappa shape index (κ3) is 4.77. The first-order chi connectivity index (χ1) is 7.60. The van der Waals surface area contributed by atoms with Gasteiger partial charge in [-0.05, 0) is 28.7 Å². The number of rotatable bonds is 4. The average Bonchev–Trinajstić information content (AvgIpc) is 2.10. The van der Waals surface area contributed by atoms with Gasteiger partial charge in [0.15, 0.2) is 31.9 Å². The van der Waals surface area contributed by atoms with E-state index in [-0.39, 0.29) is 6.54 Å². The Kier molecular flexibility index (Phi) is 4.91. The molecule has 0 fully saturated rings. The summed E-state index contributed by atoms with van der Waals surface area (Å²) >= 11 is 2.03. The monoisotopic (exact) mass is 391 g/mol. The fourth-order valence-electron chi connectivity index (χ4n) is 1.32. The molecule has 3 unspecified atom stereocenters. The lowest BCUT2D eigenvalue weighted by Crippen LogP contribution is -2.40. The maximum Gasteiger partial charge on any atom is 0.215 e. The second-order valence-corrected chi connectivity index (χ2v) is 9.62. The molecule has 0 aliphatic carbocycles. The van der Waals surface area contributed by atoms with E-state index in [0.717, 1.165) is 10.2 Å². The summed E-state index contributed by atoms with van der Waals surface area (Å²) in [6, 6.07) is 3.48. The van der Waals surface area contributed by atoms with E-state index in [0.29, 0.717) is 0 Å². The minimum atomic E-state index is -4.86. The Labute approximate surface area is 112 Å². The van der Waals surface area contributed by atoms with Crippen LogP contribution in [0.4, 0.5) is 0 Å². The molecule has 0 radical (unpaired) electrons. The fraction of sp³-hybridized carbons (Fsp3) is 0.375. The van der Waals surface area contributed by atoms with Crippen molar-refractivity contribution in [3.63, 3.8) is 0 Å². The topological polar surface area (TPSA) is 102 Å². The highest BCUT2D eigenvalue weighted by atomic mass is 127. The minimum Gasteiger partial charge on any atom is -0.778 e. The van der Waals surface area contributed by atoms with Crippen molar-refractivity contribution in [1.29, 1.82) is 0 Å². The molecule has 1 heterocycles. The summed E-state index contributed by atoms with van der Waals surface area (Å²) in [5.74, 6) is 0. The van der Waals surface area contributed by atoms with E-state index in [9.17, 15) is 18.9 Å². The van der Waals surface area contributed by atoms with Crippen LogP contribution in [0.5, 0.6) is 0 Å². The largest absolute Gasteiger partial charge is 0.778 e. The van der Waals surface area contributed by atoms with Gasteiger partial charge in [-0.3, -0.25) is 4.57 Å². The molecule has 0 saturated carbocycles. The van der Waals surface area contributed by atoms with Gasteiger partial charge < -0.3 is 19.2 Å². The number of hydrogen-bond acceptors (Lipinski definition) is 3. The normalized spacial score (nSPS) is 20.3. The summed E-state index contributed by atoms with van der Waals surface area (Å²) < 4.78 is 24.9. The van der Waals surface area contributed by atoms with Gasteiger partial charge >= 0.3 is 0 Å². The second-order valence-electron chi connectivity index (χ2n) is 3.71. The molecule has 0 spiro atoms. The molecule has 0 aliphatic rings. The van der Waals surface area contributed by atoms with Crippen molar-refractivity contribution in [3.8, 4) is 0 Å². The van der Waals surface area contributed by atoms with Crippen LogP contribution >= 0.6 is 37.6 Å². The van der Waals surface area contributed by atoms with E-state index >= 15 is 0 Å². The lowest BCUT2D eigenvalue weighted by Gasteiger charge is -2.26. The molecule has 0 bridgehead atoms. The van der Waals surface area contributed by atoms with Crippen molar-refractivity contribution >= 4 is 37.6 Å². The Balaban J connectivity index is 3.04. The van der Waals surface area contributed by atoms with Gasteiger partial charge in [0.2, 0.25) is 7.37 Å². The first-order valence-corrected chi connectivity index (χ1v) is 9.49. The summed E-state index contributed by atoms with van der Waals surface area (Å²) in [6.45, 7) is 0.672. The van der Waals surface area contributed by atoms with Gasteiger partial charge in [-0.1, -0.05) is 0 Å². The summed E-state index contributed by atoms with van der Waals surface area (Å²) in [6.07, 6.45) is 3.19. The summed E-state index contributed by atoms with van der Waals surface area (Å²) in [7, 11) is -8.79. The Bertz CT molecular complexity index is 474. The first-order valence-electron chi connectivity index (χ1n) is 4.59. The molecule has 1 aromatic rings. The second kappa shape index (κ2) is 5.47. The van der Waals surface area contributed by atoms with Crippen LogP contribution in [0.3, 0.4) is 0 Å². The fourth-order valence-corrected chi connectivity index (χ4v) is 4.94. The van der Waals surface area contributed by atoms with Gasteiger partial charge in [-0.25, -0.2) is 4.57 Å². The van der Waals surface area contributed by atoms with Crippen molar-refractivity contribution in [2.75, 3.05) is 6.66 Å². The van der Waals surface area contributed by atoms with Crippen LogP contribution in [0.1, 0.15) is 0 Å². The smallest absolute Gasteiger partial charge is 0.215 e. The molecular formula is C8H12INO5P2. The number of hydrogen-bond donors (Lipinski definition) is 2. The quantitative estimate of drug-likeness (QED) is 0.438. The molecule has 1 aromatic heterocycles. The highest BCUT2D eigenvalue weighted by Gasteiger charge is 2.37. The molecule has 1 rings (SSSR count). The first kappa shape index (κ1) is 15.3. The van der Waals surface area contributed by atoms with Gasteiger partial charge in [0.25, 0.3) is 0 Å². The van der Waals surface area contributed by atoms with Crippen LogP contribution in [0.25, 0.3) is 0 Å². The van der Waals surface area contributed by atoms with Crippen LogP contribution in [-0.2, 0) is 15.7 Å². The van der Waals surface area contributed by atoms with Crippen molar-refractivity contribution in [3.05, 3.63) is 28.1 Å². The van der Waals surface area contributed by atoms with Gasteiger partial charge in [-0.2, -0.15) is 0 Å². The standard InChI is InChI=1S/C8H12INO5P2/c1-16(11,12)8(17(13,14)15)6-10-4-2-3-7(9)5-10/h2-5,8H,6H2,1H3,(H2-,11,12,13,14,15). The Morgan fingerprint density at radius 2 is 2.12 bits per heavy atom. The predicted octanol–water partition coefficient (Wildman–Crippen LogP) is 0.351. The number of nitrogens with zero attached hydrogens (tertiary/aromatic N) is 1. The van der Waals surface area contributed by atoms with Crippen LogP contribution in [0.15, 0.2) is 24.5 Å². The molecule has 9 heteroatoms. The number of halogens is 1. The van der Waals surface area contributed by atoms with E-state index in [2.05, 4.69) is 0 Å². The van der Waals surface area contributed by atoms with Crippen LogP contribution in [0.2, 0.25) is 0 Å². The van der Waals surface area contributed by atoms with Crippen molar-refractivity contribution < 1.29 is 28.4 Å². The molecule has 0 aromatic carbocycles. The highest BCUT2D eigenvalue weighted by Crippen LogP contribution is 2.57. The van der Waals surface area contributed by atoms with Gasteiger partial charge in [0.05, 0.1) is 3.57 Å². The molecule has 6 nitrogen and oxygen atoms in total. The van der Waals surface area contributed by atoms with Crippen LogP contribution in [0, 0.1) is 3.57 Å². The van der Waals surface area contributed by atoms with Crippen LogP contribution < -0.4 is 9.46 Å². The molecule has 2 N–H and O–H groups in total. The molecular weight excluding hydrogens is 379 g/mol. The molecule has 17 heavy (non-hydrogen) atoms. The van der Waals surface area contributed by atoms with Crippen molar-refractivity contribution in [2.24, 2.45) is 0 Å². The summed E-state index contributed by atoms with van der Waals surface area (Å²) in [5.41, 5.74) is 0. The van der Waals surface area contributed by atoms with Gasteiger partial charge in [0, 0.05) is 12.7 Å².